The van der Waals surface area contributed by atoms with Crippen LogP contribution in [0.4, 0.5) is 5.82 Å². The molecule has 144 valence electrons. The highest BCUT2D eigenvalue weighted by atomic mass is 16.2. The minimum absolute atomic E-state index is 0.0455. The molecule has 6 nitrogen and oxygen atoms in total. The number of hydrogen-bond donors (Lipinski definition) is 3. The van der Waals surface area contributed by atoms with E-state index >= 15 is 0 Å². The van der Waals surface area contributed by atoms with Crippen LogP contribution in [0.3, 0.4) is 0 Å². The van der Waals surface area contributed by atoms with Gasteiger partial charge in [-0.05, 0) is 24.3 Å². The predicted octanol–water partition coefficient (Wildman–Crippen LogP) is 3.88. The first-order chi connectivity index (χ1) is 13.2. The Morgan fingerprint density at radius 1 is 1.22 bits per heavy atom. The van der Waals surface area contributed by atoms with Gasteiger partial charge in [0, 0.05) is 12.5 Å². The molecule has 1 aliphatic carbocycles. The van der Waals surface area contributed by atoms with Gasteiger partial charge in [0.05, 0.1) is 5.69 Å². The number of nitrogens with zero attached hydrogens (tertiary/aromatic N) is 1. The maximum absolute atomic E-state index is 12.5. The van der Waals surface area contributed by atoms with Crippen molar-refractivity contribution < 1.29 is 9.59 Å². The van der Waals surface area contributed by atoms with Crippen molar-refractivity contribution in [1.29, 1.82) is 0 Å². The molecule has 1 aromatic heterocycles. The quantitative estimate of drug-likeness (QED) is 0.661. The highest BCUT2D eigenvalue weighted by molar-refractivity contribution is 5.96. The third kappa shape index (κ3) is 5.42. The van der Waals surface area contributed by atoms with E-state index in [1.807, 2.05) is 37.3 Å². The second-order valence-corrected chi connectivity index (χ2v) is 7.24. The smallest absolute Gasteiger partial charge is 0.248 e. The minimum Gasteiger partial charge on any atom is -0.344 e. The van der Waals surface area contributed by atoms with Crippen molar-refractivity contribution in [1.82, 2.24) is 15.5 Å². The van der Waals surface area contributed by atoms with Gasteiger partial charge in [-0.3, -0.25) is 14.7 Å². The Labute approximate surface area is 160 Å². The highest BCUT2D eigenvalue weighted by Crippen LogP contribution is 2.28. The number of aromatic amines is 1. The fourth-order valence-electron chi connectivity index (χ4n) is 3.62. The average Bonchev–Trinajstić information content (AvgIpc) is 3.37. The van der Waals surface area contributed by atoms with Crippen molar-refractivity contribution in [2.45, 2.75) is 57.9 Å². The molecule has 0 aliphatic heterocycles. The molecule has 3 rings (SSSR count). The zero-order chi connectivity index (χ0) is 19.1. The molecule has 0 bridgehead atoms. The largest absolute Gasteiger partial charge is 0.344 e. The summed E-state index contributed by atoms with van der Waals surface area (Å²) in [7, 11) is 0. The van der Waals surface area contributed by atoms with Crippen LogP contribution < -0.4 is 10.6 Å². The monoisotopic (exact) mass is 368 g/mol. The predicted molar refractivity (Wildman–Crippen MR) is 106 cm³/mol. The van der Waals surface area contributed by atoms with E-state index in [4.69, 9.17) is 0 Å². The topological polar surface area (TPSA) is 86.9 Å². The van der Waals surface area contributed by atoms with E-state index in [0.29, 0.717) is 24.6 Å². The molecule has 3 N–H and O–H groups in total. The van der Waals surface area contributed by atoms with Crippen LogP contribution >= 0.6 is 0 Å². The van der Waals surface area contributed by atoms with Crippen molar-refractivity contribution >= 4 is 17.6 Å². The zero-order valence-electron chi connectivity index (χ0n) is 15.8. The number of carbonyl (C=O) groups is 2. The Kier molecular flexibility index (Phi) is 6.63. The van der Waals surface area contributed by atoms with E-state index in [1.165, 1.54) is 25.7 Å². The molecular weight excluding hydrogens is 340 g/mol. The molecule has 1 heterocycles. The van der Waals surface area contributed by atoms with E-state index < -0.39 is 6.04 Å². The number of H-pyrrole nitrogens is 1. The lowest BCUT2D eigenvalue weighted by Crippen LogP contribution is -2.43. The lowest BCUT2D eigenvalue weighted by Gasteiger charge is -2.16. The molecule has 1 unspecified atom stereocenters. The second kappa shape index (κ2) is 9.35. The van der Waals surface area contributed by atoms with Gasteiger partial charge in [0.25, 0.3) is 0 Å². The molecule has 0 spiro atoms. The molecule has 1 atom stereocenters. The Balaban J connectivity index is 1.50. The van der Waals surface area contributed by atoms with Crippen LogP contribution in [-0.4, -0.2) is 28.1 Å². The summed E-state index contributed by atoms with van der Waals surface area (Å²) in [6, 6.07) is 11.0. The summed E-state index contributed by atoms with van der Waals surface area (Å²) in [5, 5.41) is 12.7. The molecule has 2 aromatic rings. The van der Waals surface area contributed by atoms with E-state index in [2.05, 4.69) is 20.8 Å². The van der Waals surface area contributed by atoms with Crippen LogP contribution in [0.2, 0.25) is 0 Å². The molecule has 1 fully saturated rings. The maximum Gasteiger partial charge on any atom is 0.248 e. The Bertz CT molecular complexity index is 751. The molecule has 1 saturated carbocycles. The summed E-state index contributed by atoms with van der Waals surface area (Å²) in [4.78, 5) is 24.7. The number of amides is 2. The molecule has 27 heavy (non-hydrogen) atoms. The van der Waals surface area contributed by atoms with Crippen LogP contribution in [0.5, 0.6) is 0 Å². The number of anilines is 1. The summed E-state index contributed by atoms with van der Waals surface area (Å²) < 4.78 is 0. The van der Waals surface area contributed by atoms with Crippen LogP contribution in [0.15, 0.2) is 36.4 Å². The standard InChI is InChI=1S/C21H28N4O2/c1-2-17(22-20(26)13-12-15-8-6-7-9-15)21(27)23-19-14-18(24-25-19)16-10-4-3-5-11-16/h3-5,10-11,14-15,17H,2,6-9,12-13H2,1H3,(H,22,26)(H2,23,24,25,27). The molecule has 2 amide bonds. The fourth-order valence-corrected chi connectivity index (χ4v) is 3.62. The Hall–Kier alpha value is -2.63. The summed E-state index contributed by atoms with van der Waals surface area (Å²) in [6.07, 6.45) is 6.97. The minimum atomic E-state index is -0.544. The molecule has 6 heteroatoms. The van der Waals surface area contributed by atoms with Crippen molar-refractivity contribution in [2.24, 2.45) is 5.92 Å². The summed E-state index contributed by atoms with van der Waals surface area (Å²) in [5.41, 5.74) is 1.83. The SMILES string of the molecule is CCC(NC(=O)CCC1CCCC1)C(=O)Nc1cc(-c2ccccc2)[nH]n1. The van der Waals surface area contributed by atoms with Gasteiger partial charge in [-0.15, -0.1) is 0 Å². The van der Waals surface area contributed by atoms with Gasteiger partial charge in [0.2, 0.25) is 11.8 Å². The molecule has 0 saturated heterocycles. The highest BCUT2D eigenvalue weighted by Gasteiger charge is 2.21. The van der Waals surface area contributed by atoms with Crippen molar-refractivity contribution in [3.05, 3.63) is 36.4 Å². The number of hydrogen-bond acceptors (Lipinski definition) is 3. The lowest BCUT2D eigenvalue weighted by molar-refractivity contribution is -0.126. The van der Waals surface area contributed by atoms with Gasteiger partial charge >= 0.3 is 0 Å². The van der Waals surface area contributed by atoms with E-state index in [9.17, 15) is 9.59 Å². The molecule has 1 aliphatic rings. The van der Waals surface area contributed by atoms with Gasteiger partial charge in [-0.25, -0.2) is 0 Å². The summed E-state index contributed by atoms with van der Waals surface area (Å²) in [6.45, 7) is 1.89. The first kappa shape index (κ1) is 19.1. The van der Waals surface area contributed by atoms with Crippen molar-refractivity contribution in [3.63, 3.8) is 0 Å². The van der Waals surface area contributed by atoms with Gasteiger partial charge in [0.15, 0.2) is 5.82 Å². The number of nitrogens with one attached hydrogen (secondary N) is 3. The van der Waals surface area contributed by atoms with Crippen LogP contribution in [0.25, 0.3) is 11.3 Å². The Morgan fingerprint density at radius 2 is 1.96 bits per heavy atom. The van der Waals surface area contributed by atoms with Gasteiger partial charge in [-0.1, -0.05) is 62.9 Å². The lowest BCUT2D eigenvalue weighted by atomic mass is 10.0. The number of aromatic nitrogens is 2. The molecular formula is C21H28N4O2. The summed E-state index contributed by atoms with van der Waals surface area (Å²) in [5.74, 6) is 0.844. The van der Waals surface area contributed by atoms with Crippen LogP contribution in [0, 0.1) is 5.92 Å². The van der Waals surface area contributed by atoms with Crippen molar-refractivity contribution in [3.8, 4) is 11.3 Å². The maximum atomic E-state index is 12.5. The van der Waals surface area contributed by atoms with E-state index in [-0.39, 0.29) is 11.8 Å². The molecule has 1 aromatic carbocycles. The summed E-state index contributed by atoms with van der Waals surface area (Å²) >= 11 is 0. The van der Waals surface area contributed by atoms with Crippen molar-refractivity contribution in [2.75, 3.05) is 5.32 Å². The third-order valence-corrected chi connectivity index (χ3v) is 5.23. The Morgan fingerprint density at radius 3 is 2.67 bits per heavy atom. The fraction of sp³-hybridized carbons (Fsp3) is 0.476. The van der Waals surface area contributed by atoms with Gasteiger partial charge in [-0.2, -0.15) is 5.10 Å². The number of benzene rings is 1. The first-order valence-electron chi connectivity index (χ1n) is 9.86. The number of carbonyl (C=O) groups excluding carboxylic acids is 2. The number of rotatable bonds is 8. The normalized spacial score (nSPS) is 15.4. The van der Waals surface area contributed by atoms with Gasteiger partial charge < -0.3 is 10.6 Å². The zero-order valence-corrected chi connectivity index (χ0v) is 15.8. The average molecular weight is 368 g/mol. The van der Waals surface area contributed by atoms with E-state index in [1.54, 1.807) is 6.07 Å². The first-order valence-corrected chi connectivity index (χ1v) is 9.86. The van der Waals surface area contributed by atoms with Crippen LogP contribution in [0.1, 0.15) is 51.9 Å². The second-order valence-electron chi connectivity index (χ2n) is 7.24. The van der Waals surface area contributed by atoms with E-state index in [0.717, 1.165) is 17.7 Å². The molecule has 0 radical (unpaired) electrons. The third-order valence-electron chi connectivity index (χ3n) is 5.23. The van der Waals surface area contributed by atoms with Gasteiger partial charge in [0.1, 0.15) is 6.04 Å². The van der Waals surface area contributed by atoms with Crippen LogP contribution in [-0.2, 0) is 9.59 Å².